The first kappa shape index (κ1) is 18.7. The number of guanidine groups is 1. The molecule has 0 radical (unpaired) electrons. The van der Waals surface area contributed by atoms with Crippen LogP contribution in [0.2, 0.25) is 0 Å². The molecule has 1 aliphatic rings. The minimum absolute atomic E-state index is 0.0418. The van der Waals surface area contributed by atoms with Gasteiger partial charge in [0.15, 0.2) is 5.96 Å². The molecule has 7 nitrogen and oxygen atoms in total. The van der Waals surface area contributed by atoms with Crippen LogP contribution in [-0.2, 0) is 11.3 Å². The average molecular weight is 367 g/mol. The molecular formula is C20H25N5O2. The van der Waals surface area contributed by atoms with E-state index in [0.29, 0.717) is 38.0 Å². The van der Waals surface area contributed by atoms with Crippen LogP contribution in [0.15, 0.2) is 47.6 Å². The number of aromatic nitrogens is 1. The quantitative estimate of drug-likeness (QED) is 0.538. The number of benzene rings is 1. The Labute approximate surface area is 159 Å². The van der Waals surface area contributed by atoms with E-state index in [9.17, 15) is 4.79 Å². The van der Waals surface area contributed by atoms with Crippen LogP contribution < -0.4 is 20.7 Å². The van der Waals surface area contributed by atoms with Crippen LogP contribution in [0.5, 0.6) is 5.88 Å². The maximum absolute atomic E-state index is 12.0. The smallest absolute Gasteiger partial charge is 0.225 e. The second-order valence-electron chi connectivity index (χ2n) is 6.24. The molecule has 0 bridgehead atoms. The Morgan fingerprint density at radius 2 is 2.15 bits per heavy atom. The first-order chi connectivity index (χ1) is 13.2. The van der Waals surface area contributed by atoms with E-state index in [0.717, 1.165) is 16.8 Å². The van der Waals surface area contributed by atoms with E-state index in [1.54, 1.807) is 13.2 Å². The van der Waals surface area contributed by atoms with Crippen molar-refractivity contribution in [1.82, 2.24) is 15.6 Å². The SMILES string of the molecule is CCOc1ncccc1CNC(=NC)NCC1CC(=O)Nc2ccccc21. The van der Waals surface area contributed by atoms with Crippen LogP contribution in [0.4, 0.5) is 5.69 Å². The number of fused-ring (bicyclic) bond motifs is 1. The zero-order valence-electron chi connectivity index (χ0n) is 15.7. The number of nitrogens with zero attached hydrogens (tertiary/aromatic N) is 2. The number of hydrogen-bond donors (Lipinski definition) is 3. The van der Waals surface area contributed by atoms with Crippen molar-refractivity contribution < 1.29 is 9.53 Å². The number of aliphatic imine (C=N–C) groups is 1. The molecule has 1 aromatic heterocycles. The lowest BCUT2D eigenvalue weighted by Gasteiger charge is -2.26. The number of rotatable bonds is 6. The van der Waals surface area contributed by atoms with Gasteiger partial charge in [0.1, 0.15) is 0 Å². The first-order valence-corrected chi connectivity index (χ1v) is 9.11. The van der Waals surface area contributed by atoms with Crippen molar-refractivity contribution in [1.29, 1.82) is 0 Å². The van der Waals surface area contributed by atoms with Gasteiger partial charge in [0, 0.05) is 49.9 Å². The van der Waals surface area contributed by atoms with Crippen molar-refractivity contribution in [3.05, 3.63) is 53.7 Å². The van der Waals surface area contributed by atoms with Crippen molar-refractivity contribution in [3.63, 3.8) is 0 Å². The standard InChI is InChI=1S/C20H25N5O2/c1-3-27-19-14(7-6-10-22-19)12-23-20(21-2)24-13-15-11-18(26)25-17-9-5-4-8-16(15)17/h4-10,15H,3,11-13H2,1-2H3,(H,25,26)(H2,21,23,24). The molecule has 3 rings (SSSR count). The summed E-state index contributed by atoms with van der Waals surface area (Å²) in [5.41, 5.74) is 3.00. The number of pyridine rings is 1. The fraction of sp³-hybridized carbons (Fsp3) is 0.350. The number of carbonyl (C=O) groups excluding carboxylic acids is 1. The predicted molar refractivity (Wildman–Crippen MR) is 106 cm³/mol. The number of para-hydroxylation sites is 1. The average Bonchev–Trinajstić information content (AvgIpc) is 2.69. The van der Waals surface area contributed by atoms with Gasteiger partial charge in [-0.15, -0.1) is 0 Å². The van der Waals surface area contributed by atoms with Gasteiger partial charge in [-0.1, -0.05) is 24.3 Å². The highest BCUT2D eigenvalue weighted by atomic mass is 16.5. The number of anilines is 1. The summed E-state index contributed by atoms with van der Waals surface area (Å²) < 4.78 is 5.55. The lowest BCUT2D eigenvalue weighted by atomic mass is 9.90. The van der Waals surface area contributed by atoms with Gasteiger partial charge in [-0.3, -0.25) is 9.79 Å². The zero-order valence-corrected chi connectivity index (χ0v) is 15.7. The monoisotopic (exact) mass is 367 g/mol. The van der Waals surface area contributed by atoms with Crippen molar-refractivity contribution >= 4 is 17.6 Å². The molecule has 27 heavy (non-hydrogen) atoms. The number of amides is 1. The third kappa shape index (κ3) is 4.75. The van der Waals surface area contributed by atoms with Gasteiger partial charge in [0.25, 0.3) is 0 Å². The zero-order chi connectivity index (χ0) is 19.1. The Bertz CT molecular complexity index is 822. The topological polar surface area (TPSA) is 87.6 Å². The largest absolute Gasteiger partial charge is 0.478 e. The maximum Gasteiger partial charge on any atom is 0.225 e. The number of nitrogens with one attached hydrogen (secondary N) is 3. The highest BCUT2D eigenvalue weighted by molar-refractivity contribution is 5.94. The molecule has 0 spiro atoms. The highest BCUT2D eigenvalue weighted by Gasteiger charge is 2.24. The normalized spacial score (nSPS) is 16.3. The van der Waals surface area contributed by atoms with Gasteiger partial charge in [0.05, 0.1) is 6.61 Å². The number of ether oxygens (including phenoxy) is 1. The van der Waals surface area contributed by atoms with E-state index >= 15 is 0 Å². The van der Waals surface area contributed by atoms with Gasteiger partial charge < -0.3 is 20.7 Å². The molecular weight excluding hydrogens is 342 g/mol. The van der Waals surface area contributed by atoms with Gasteiger partial charge in [0.2, 0.25) is 11.8 Å². The van der Waals surface area contributed by atoms with E-state index in [-0.39, 0.29) is 11.8 Å². The third-order valence-electron chi connectivity index (χ3n) is 4.42. The summed E-state index contributed by atoms with van der Waals surface area (Å²) >= 11 is 0. The molecule has 7 heteroatoms. The maximum atomic E-state index is 12.0. The predicted octanol–water partition coefficient (Wildman–Crippen LogP) is 2.27. The Morgan fingerprint density at radius 1 is 1.30 bits per heavy atom. The molecule has 0 saturated heterocycles. The molecule has 2 aromatic rings. The molecule has 1 atom stereocenters. The van der Waals surface area contributed by atoms with E-state index in [1.807, 2.05) is 37.3 Å². The van der Waals surface area contributed by atoms with Crippen LogP contribution in [0.3, 0.4) is 0 Å². The van der Waals surface area contributed by atoms with E-state index in [2.05, 4.69) is 32.0 Å². The summed E-state index contributed by atoms with van der Waals surface area (Å²) in [5.74, 6) is 1.44. The highest BCUT2D eigenvalue weighted by Crippen LogP contribution is 2.31. The molecule has 2 heterocycles. The molecule has 0 saturated carbocycles. The third-order valence-corrected chi connectivity index (χ3v) is 4.42. The summed E-state index contributed by atoms with van der Waals surface area (Å²) in [7, 11) is 1.73. The van der Waals surface area contributed by atoms with Crippen LogP contribution >= 0.6 is 0 Å². The number of hydrogen-bond acceptors (Lipinski definition) is 4. The van der Waals surface area contributed by atoms with Gasteiger partial charge >= 0.3 is 0 Å². The fourth-order valence-electron chi connectivity index (χ4n) is 3.13. The Hall–Kier alpha value is -3.09. The molecule has 1 unspecified atom stereocenters. The molecule has 1 aliphatic heterocycles. The summed E-state index contributed by atoms with van der Waals surface area (Å²) in [4.78, 5) is 20.5. The van der Waals surface area contributed by atoms with E-state index < -0.39 is 0 Å². The Kier molecular flexibility index (Phi) is 6.25. The van der Waals surface area contributed by atoms with Crippen molar-refractivity contribution in [2.45, 2.75) is 25.8 Å². The molecule has 142 valence electrons. The second-order valence-corrected chi connectivity index (χ2v) is 6.24. The van der Waals surface area contributed by atoms with Gasteiger partial charge in [-0.05, 0) is 24.6 Å². The van der Waals surface area contributed by atoms with Crippen molar-refractivity contribution in [2.24, 2.45) is 4.99 Å². The van der Waals surface area contributed by atoms with Crippen LogP contribution in [0, 0.1) is 0 Å². The minimum Gasteiger partial charge on any atom is -0.478 e. The second kappa shape index (κ2) is 9.02. The van der Waals surface area contributed by atoms with Crippen molar-refractivity contribution in [3.8, 4) is 5.88 Å². The van der Waals surface area contributed by atoms with Gasteiger partial charge in [-0.2, -0.15) is 0 Å². The molecule has 0 aliphatic carbocycles. The summed E-state index contributed by atoms with van der Waals surface area (Å²) in [6.07, 6.45) is 2.17. The van der Waals surface area contributed by atoms with E-state index in [1.165, 1.54) is 0 Å². The Morgan fingerprint density at radius 3 is 2.96 bits per heavy atom. The Balaban J connectivity index is 1.60. The summed E-state index contributed by atoms with van der Waals surface area (Å²) in [6.45, 7) is 3.67. The van der Waals surface area contributed by atoms with Gasteiger partial charge in [-0.25, -0.2) is 4.98 Å². The lowest BCUT2D eigenvalue weighted by molar-refractivity contribution is -0.116. The van der Waals surface area contributed by atoms with E-state index in [4.69, 9.17) is 4.74 Å². The first-order valence-electron chi connectivity index (χ1n) is 9.11. The molecule has 3 N–H and O–H groups in total. The molecule has 1 aromatic carbocycles. The van der Waals surface area contributed by atoms with Crippen LogP contribution in [0.1, 0.15) is 30.4 Å². The summed E-state index contributed by atoms with van der Waals surface area (Å²) in [6, 6.07) is 11.8. The number of carbonyl (C=O) groups is 1. The lowest BCUT2D eigenvalue weighted by Crippen LogP contribution is -2.40. The van der Waals surface area contributed by atoms with Crippen LogP contribution in [-0.4, -0.2) is 37.1 Å². The summed E-state index contributed by atoms with van der Waals surface area (Å²) in [5, 5.41) is 9.52. The van der Waals surface area contributed by atoms with Crippen LogP contribution in [0.25, 0.3) is 0 Å². The molecule has 1 amide bonds. The molecule has 0 fully saturated rings. The minimum atomic E-state index is 0.0418. The van der Waals surface area contributed by atoms with Crippen molar-refractivity contribution in [2.75, 3.05) is 25.5 Å². The fourth-order valence-corrected chi connectivity index (χ4v) is 3.13.